The van der Waals surface area contributed by atoms with Crippen molar-refractivity contribution < 1.29 is 9.90 Å². The van der Waals surface area contributed by atoms with E-state index in [-0.39, 0.29) is 5.78 Å². The first-order valence-electron chi connectivity index (χ1n) is 4.54. The van der Waals surface area contributed by atoms with Gasteiger partial charge in [-0.05, 0) is 19.3 Å². The van der Waals surface area contributed by atoms with Crippen molar-refractivity contribution in [2.75, 3.05) is 0 Å². The summed E-state index contributed by atoms with van der Waals surface area (Å²) >= 11 is 0. The van der Waals surface area contributed by atoms with Crippen LogP contribution in [-0.4, -0.2) is 17.0 Å². The first kappa shape index (κ1) is 11.4. The lowest BCUT2D eigenvalue weighted by molar-refractivity contribution is -0.127. The molecule has 0 fully saturated rings. The minimum Gasteiger partial charge on any atom is -0.385 e. The number of aliphatic hydroxyl groups is 1. The number of rotatable bonds is 7. The minimum atomic E-state index is -0.736. The van der Waals surface area contributed by atoms with Gasteiger partial charge in [0.15, 0.2) is 5.78 Å². The smallest absolute Gasteiger partial charge is 0.161 e. The van der Waals surface area contributed by atoms with E-state index in [0.29, 0.717) is 12.8 Å². The topological polar surface area (TPSA) is 37.3 Å². The molecular weight excluding hydrogens is 152 g/mol. The molecule has 0 aliphatic heterocycles. The van der Waals surface area contributed by atoms with E-state index < -0.39 is 6.10 Å². The summed E-state index contributed by atoms with van der Waals surface area (Å²) in [7, 11) is 0. The first-order chi connectivity index (χ1) is 5.72. The van der Waals surface area contributed by atoms with Crippen LogP contribution in [-0.2, 0) is 4.79 Å². The third-order valence-corrected chi connectivity index (χ3v) is 1.77. The molecule has 0 aromatic heterocycles. The van der Waals surface area contributed by atoms with Gasteiger partial charge in [-0.15, -0.1) is 6.58 Å². The van der Waals surface area contributed by atoms with Crippen LogP contribution in [0, 0.1) is 0 Å². The molecule has 0 aliphatic carbocycles. The molecule has 0 saturated carbocycles. The van der Waals surface area contributed by atoms with Gasteiger partial charge < -0.3 is 5.11 Å². The summed E-state index contributed by atoms with van der Waals surface area (Å²) < 4.78 is 0. The maximum Gasteiger partial charge on any atom is 0.161 e. The number of ketones is 1. The third-order valence-electron chi connectivity index (χ3n) is 1.77. The number of hydrogen-bond donors (Lipinski definition) is 1. The zero-order valence-electron chi connectivity index (χ0n) is 7.75. The van der Waals surface area contributed by atoms with E-state index in [9.17, 15) is 9.90 Å². The Morgan fingerprint density at radius 1 is 1.67 bits per heavy atom. The fraction of sp³-hybridized carbons (Fsp3) is 0.700. The maximum atomic E-state index is 11.1. The maximum absolute atomic E-state index is 11.1. The molecule has 70 valence electrons. The van der Waals surface area contributed by atoms with Crippen molar-refractivity contribution in [1.29, 1.82) is 0 Å². The van der Waals surface area contributed by atoms with Gasteiger partial charge in [-0.3, -0.25) is 4.79 Å². The average Bonchev–Trinajstić information content (AvgIpc) is 2.05. The Kier molecular flexibility index (Phi) is 6.67. The van der Waals surface area contributed by atoms with Gasteiger partial charge >= 0.3 is 0 Å². The van der Waals surface area contributed by atoms with Gasteiger partial charge in [-0.1, -0.05) is 19.4 Å². The summed E-state index contributed by atoms with van der Waals surface area (Å²) in [5, 5.41) is 9.24. The van der Waals surface area contributed by atoms with Crippen LogP contribution < -0.4 is 0 Å². The second kappa shape index (κ2) is 7.04. The van der Waals surface area contributed by atoms with Crippen LogP contribution in [0.4, 0.5) is 0 Å². The Morgan fingerprint density at radius 3 is 2.83 bits per heavy atom. The molecule has 0 heterocycles. The molecule has 0 saturated heterocycles. The summed E-state index contributed by atoms with van der Waals surface area (Å²) in [5.41, 5.74) is 0. The Bertz CT molecular complexity index is 141. The largest absolute Gasteiger partial charge is 0.385 e. The van der Waals surface area contributed by atoms with Crippen LogP contribution in [0.1, 0.15) is 39.0 Å². The number of Topliss-reactive ketones (excluding diaryl/α,β-unsaturated/α-hetero) is 1. The van der Waals surface area contributed by atoms with Gasteiger partial charge in [0.2, 0.25) is 0 Å². The van der Waals surface area contributed by atoms with Crippen LogP contribution in [0.25, 0.3) is 0 Å². The monoisotopic (exact) mass is 170 g/mol. The lowest BCUT2D eigenvalue weighted by Crippen LogP contribution is -2.19. The highest BCUT2D eigenvalue weighted by molar-refractivity contribution is 5.82. The van der Waals surface area contributed by atoms with Crippen molar-refractivity contribution in [3.63, 3.8) is 0 Å². The van der Waals surface area contributed by atoms with E-state index in [2.05, 4.69) is 6.58 Å². The van der Waals surface area contributed by atoms with E-state index in [1.54, 1.807) is 6.08 Å². The first-order valence-corrected chi connectivity index (χ1v) is 4.54. The molecule has 1 atom stereocenters. The van der Waals surface area contributed by atoms with Crippen molar-refractivity contribution in [2.24, 2.45) is 0 Å². The van der Waals surface area contributed by atoms with Gasteiger partial charge in [0, 0.05) is 6.42 Å². The number of hydrogen-bond acceptors (Lipinski definition) is 2. The van der Waals surface area contributed by atoms with E-state index in [1.807, 2.05) is 6.92 Å². The second-order valence-corrected chi connectivity index (χ2v) is 2.95. The highest BCUT2D eigenvalue weighted by atomic mass is 16.3. The molecule has 0 amide bonds. The number of carbonyl (C=O) groups excluding carboxylic acids is 1. The van der Waals surface area contributed by atoms with Gasteiger partial charge in [0.1, 0.15) is 6.10 Å². The van der Waals surface area contributed by atoms with Gasteiger partial charge in [0.05, 0.1) is 0 Å². The van der Waals surface area contributed by atoms with Crippen LogP contribution >= 0.6 is 0 Å². The molecule has 12 heavy (non-hydrogen) atoms. The Balaban J connectivity index is 3.49. The van der Waals surface area contributed by atoms with Crippen molar-refractivity contribution in [1.82, 2.24) is 0 Å². The highest BCUT2D eigenvalue weighted by Crippen LogP contribution is 2.04. The lowest BCUT2D eigenvalue weighted by Gasteiger charge is -2.06. The van der Waals surface area contributed by atoms with Crippen LogP contribution in [0.3, 0.4) is 0 Å². The third kappa shape index (κ3) is 5.08. The van der Waals surface area contributed by atoms with Gasteiger partial charge in [0.25, 0.3) is 0 Å². The fourth-order valence-corrected chi connectivity index (χ4v) is 1.02. The van der Waals surface area contributed by atoms with Crippen molar-refractivity contribution >= 4 is 5.78 Å². The van der Waals surface area contributed by atoms with Gasteiger partial charge in [-0.2, -0.15) is 0 Å². The molecule has 0 radical (unpaired) electrons. The summed E-state index contributed by atoms with van der Waals surface area (Å²) in [4.78, 5) is 11.1. The molecule has 0 aromatic rings. The second-order valence-electron chi connectivity index (χ2n) is 2.95. The summed E-state index contributed by atoms with van der Waals surface area (Å²) in [6.45, 7) is 5.52. The molecule has 0 aromatic carbocycles. The number of carbonyl (C=O) groups is 1. The fourth-order valence-electron chi connectivity index (χ4n) is 1.02. The van der Waals surface area contributed by atoms with E-state index in [1.165, 1.54) is 0 Å². The molecule has 2 heteroatoms. The van der Waals surface area contributed by atoms with Crippen LogP contribution in [0.15, 0.2) is 12.7 Å². The Morgan fingerprint density at radius 2 is 2.33 bits per heavy atom. The molecule has 0 aliphatic rings. The van der Waals surface area contributed by atoms with Crippen molar-refractivity contribution in [3.8, 4) is 0 Å². The Hall–Kier alpha value is -0.630. The lowest BCUT2D eigenvalue weighted by atomic mass is 10.1. The molecule has 0 spiro atoms. The van der Waals surface area contributed by atoms with Crippen LogP contribution in [0.5, 0.6) is 0 Å². The zero-order chi connectivity index (χ0) is 9.40. The molecule has 0 rings (SSSR count). The summed E-state index contributed by atoms with van der Waals surface area (Å²) in [5.74, 6) is -0.0290. The minimum absolute atomic E-state index is 0.0290. The standard InChI is InChI=1S/C10H18O2/c1-3-5-6-8-10(12)9(11)7-4-2/h3,9,11H,1,4-8H2,2H3. The highest BCUT2D eigenvalue weighted by Gasteiger charge is 2.12. The van der Waals surface area contributed by atoms with Crippen LogP contribution in [0.2, 0.25) is 0 Å². The Labute approximate surface area is 74.3 Å². The summed E-state index contributed by atoms with van der Waals surface area (Å²) in [6, 6.07) is 0. The summed E-state index contributed by atoms with van der Waals surface area (Å²) in [6.07, 6.45) is 4.64. The van der Waals surface area contributed by atoms with Crippen molar-refractivity contribution in [2.45, 2.75) is 45.1 Å². The van der Waals surface area contributed by atoms with E-state index >= 15 is 0 Å². The SMILES string of the molecule is C=CCCCC(=O)C(O)CCC. The quantitative estimate of drug-likeness (QED) is 0.469. The van der Waals surface area contributed by atoms with E-state index in [4.69, 9.17) is 0 Å². The molecule has 1 N–H and O–H groups in total. The number of unbranched alkanes of at least 4 members (excludes halogenated alkanes) is 1. The predicted molar refractivity (Wildman–Crippen MR) is 50.0 cm³/mol. The number of aliphatic hydroxyl groups excluding tert-OH is 1. The van der Waals surface area contributed by atoms with Gasteiger partial charge in [-0.25, -0.2) is 0 Å². The average molecular weight is 170 g/mol. The van der Waals surface area contributed by atoms with Crippen molar-refractivity contribution in [3.05, 3.63) is 12.7 Å². The zero-order valence-corrected chi connectivity index (χ0v) is 7.75. The molecule has 2 nitrogen and oxygen atoms in total. The molecule has 0 bridgehead atoms. The molecule has 1 unspecified atom stereocenters. The normalized spacial score (nSPS) is 12.5. The predicted octanol–water partition coefficient (Wildman–Crippen LogP) is 2.07. The van der Waals surface area contributed by atoms with E-state index in [0.717, 1.165) is 19.3 Å². The number of allylic oxidation sites excluding steroid dienone is 1. The molecular formula is C10H18O2.